The van der Waals surface area contributed by atoms with Gasteiger partial charge in [0.1, 0.15) is 5.78 Å². The first-order valence-electron chi connectivity index (χ1n) is 3.86. The van der Waals surface area contributed by atoms with E-state index in [2.05, 4.69) is 13.8 Å². The number of halogens is 1. The van der Waals surface area contributed by atoms with Gasteiger partial charge in [-0.2, -0.15) is 0 Å². The van der Waals surface area contributed by atoms with Crippen molar-refractivity contribution in [2.24, 2.45) is 11.7 Å². The molecule has 0 bridgehead atoms. The standard InChI is InChI=1S/C8H17NO.ClH/c1-4-8(10)7(9)5-6(2)3;/h6-7H,4-5,9H2,1-3H3;1H. The first kappa shape index (κ1) is 13.5. The molecule has 3 heteroatoms. The SMILES string of the molecule is CCC(=O)C(N)CC(C)C.Cl. The van der Waals surface area contributed by atoms with Crippen LogP contribution in [0.3, 0.4) is 0 Å². The highest BCUT2D eigenvalue weighted by Gasteiger charge is 2.11. The summed E-state index contributed by atoms with van der Waals surface area (Å²) in [7, 11) is 0. The van der Waals surface area contributed by atoms with Crippen LogP contribution in [0.15, 0.2) is 0 Å². The number of Topliss-reactive ketones (excluding diaryl/α,β-unsaturated/α-hetero) is 1. The van der Waals surface area contributed by atoms with Gasteiger partial charge in [-0.1, -0.05) is 20.8 Å². The van der Waals surface area contributed by atoms with Crippen molar-refractivity contribution < 1.29 is 4.79 Å². The normalized spacial score (nSPS) is 12.5. The Bertz CT molecular complexity index is 115. The largest absolute Gasteiger partial charge is 0.322 e. The van der Waals surface area contributed by atoms with Gasteiger partial charge in [-0.05, 0) is 12.3 Å². The molecule has 0 aliphatic carbocycles. The van der Waals surface area contributed by atoms with Crippen LogP contribution in [-0.2, 0) is 4.79 Å². The lowest BCUT2D eigenvalue weighted by molar-refractivity contribution is -0.120. The molecule has 1 unspecified atom stereocenters. The Hall–Kier alpha value is -0.0800. The maximum Gasteiger partial charge on any atom is 0.149 e. The average molecular weight is 180 g/mol. The quantitative estimate of drug-likeness (QED) is 0.715. The molecule has 0 radical (unpaired) electrons. The number of nitrogens with two attached hydrogens (primary N) is 1. The molecule has 0 spiro atoms. The summed E-state index contributed by atoms with van der Waals surface area (Å²) in [5, 5.41) is 0. The Kier molecular flexibility index (Phi) is 8.13. The number of hydrogen-bond donors (Lipinski definition) is 1. The molecule has 0 aromatic rings. The van der Waals surface area contributed by atoms with Crippen LogP contribution >= 0.6 is 12.4 Å². The number of rotatable bonds is 4. The molecule has 0 saturated heterocycles. The van der Waals surface area contributed by atoms with Gasteiger partial charge in [0.25, 0.3) is 0 Å². The smallest absolute Gasteiger partial charge is 0.149 e. The maximum absolute atomic E-state index is 10.9. The van der Waals surface area contributed by atoms with Crippen LogP contribution in [0.1, 0.15) is 33.6 Å². The zero-order valence-electron chi connectivity index (χ0n) is 7.46. The summed E-state index contributed by atoms with van der Waals surface area (Å²) in [5.74, 6) is 0.694. The molecule has 0 aromatic heterocycles. The zero-order chi connectivity index (χ0) is 8.15. The van der Waals surface area contributed by atoms with Crippen molar-refractivity contribution in [3.63, 3.8) is 0 Å². The number of carbonyl (C=O) groups excluding carboxylic acids is 1. The predicted octanol–water partition coefficient (Wildman–Crippen LogP) is 1.76. The van der Waals surface area contributed by atoms with Crippen LogP contribution in [0.4, 0.5) is 0 Å². The molecule has 0 aliphatic rings. The molecule has 11 heavy (non-hydrogen) atoms. The maximum atomic E-state index is 10.9. The molecule has 2 N–H and O–H groups in total. The van der Waals surface area contributed by atoms with Crippen LogP contribution in [0, 0.1) is 5.92 Å². The Morgan fingerprint density at radius 2 is 1.91 bits per heavy atom. The predicted molar refractivity (Wildman–Crippen MR) is 50.0 cm³/mol. The first-order chi connectivity index (χ1) is 4.57. The summed E-state index contributed by atoms with van der Waals surface area (Å²) in [6.45, 7) is 5.99. The third-order valence-electron chi connectivity index (χ3n) is 1.49. The van der Waals surface area contributed by atoms with E-state index in [4.69, 9.17) is 5.73 Å². The highest BCUT2D eigenvalue weighted by Crippen LogP contribution is 2.04. The van der Waals surface area contributed by atoms with Crippen molar-refractivity contribution in [1.29, 1.82) is 0 Å². The van der Waals surface area contributed by atoms with E-state index < -0.39 is 0 Å². The second-order valence-electron chi connectivity index (χ2n) is 3.06. The van der Waals surface area contributed by atoms with E-state index in [1.807, 2.05) is 6.92 Å². The van der Waals surface area contributed by atoms with Gasteiger partial charge < -0.3 is 5.73 Å². The molecular weight excluding hydrogens is 162 g/mol. The summed E-state index contributed by atoms with van der Waals surface area (Å²) in [6, 6.07) is -0.231. The highest BCUT2D eigenvalue weighted by molar-refractivity contribution is 5.85. The Labute approximate surface area is 74.9 Å². The fraction of sp³-hybridized carbons (Fsp3) is 0.875. The second kappa shape index (κ2) is 6.62. The van der Waals surface area contributed by atoms with E-state index >= 15 is 0 Å². The average Bonchev–Trinajstić information content (AvgIpc) is 1.85. The van der Waals surface area contributed by atoms with Crippen molar-refractivity contribution in [1.82, 2.24) is 0 Å². The summed E-state index contributed by atoms with van der Waals surface area (Å²) in [4.78, 5) is 10.9. The summed E-state index contributed by atoms with van der Waals surface area (Å²) in [5.41, 5.74) is 5.58. The molecular formula is C8H18ClNO. The molecule has 0 aromatic carbocycles. The minimum absolute atomic E-state index is 0. The molecule has 0 heterocycles. The van der Waals surface area contributed by atoms with Gasteiger partial charge >= 0.3 is 0 Å². The molecule has 1 atom stereocenters. The molecule has 68 valence electrons. The Balaban J connectivity index is 0. The van der Waals surface area contributed by atoms with Crippen molar-refractivity contribution in [3.8, 4) is 0 Å². The lowest BCUT2D eigenvalue weighted by Gasteiger charge is -2.10. The lowest BCUT2D eigenvalue weighted by Crippen LogP contribution is -2.31. The van der Waals surface area contributed by atoms with Gasteiger partial charge in [0.2, 0.25) is 0 Å². The monoisotopic (exact) mass is 179 g/mol. The number of carbonyl (C=O) groups is 1. The molecule has 0 aliphatic heterocycles. The van der Waals surface area contributed by atoms with E-state index in [9.17, 15) is 4.79 Å². The van der Waals surface area contributed by atoms with Crippen LogP contribution in [0.2, 0.25) is 0 Å². The minimum Gasteiger partial charge on any atom is -0.322 e. The van der Waals surface area contributed by atoms with E-state index in [0.717, 1.165) is 6.42 Å². The topological polar surface area (TPSA) is 43.1 Å². The Morgan fingerprint density at radius 1 is 1.45 bits per heavy atom. The van der Waals surface area contributed by atoms with Gasteiger partial charge in [0.05, 0.1) is 6.04 Å². The van der Waals surface area contributed by atoms with Gasteiger partial charge in [0.15, 0.2) is 0 Å². The lowest BCUT2D eigenvalue weighted by atomic mass is 10.0. The number of ketones is 1. The summed E-state index contributed by atoms with van der Waals surface area (Å²) < 4.78 is 0. The van der Waals surface area contributed by atoms with Crippen molar-refractivity contribution in [3.05, 3.63) is 0 Å². The third-order valence-corrected chi connectivity index (χ3v) is 1.49. The molecule has 0 saturated carbocycles. The Morgan fingerprint density at radius 3 is 2.18 bits per heavy atom. The van der Waals surface area contributed by atoms with Gasteiger partial charge in [0, 0.05) is 6.42 Å². The summed E-state index contributed by atoms with van der Waals surface area (Å²) in [6.07, 6.45) is 1.38. The fourth-order valence-corrected chi connectivity index (χ4v) is 0.902. The fourth-order valence-electron chi connectivity index (χ4n) is 0.902. The van der Waals surface area contributed by atoms with Gasteiger partial charge in [-0.3, -0.25) is 4.79 Å². The van der Waals surface area contributed by atoms with Crippen molar-refractivity contribution in [2.75, 3.05) is 0 Å². The van der Waals surface area contributed by atoms with Gasteiger partial charge in [-0.15, -0.1) is 12.4 Å². The molecule has 2 nitrogen and oxygen atoms in total. The van der Waals surface area contributed by atoms with Crippen molar-refractivity contribution >= 4 is 18.2 Å². The van der Waals surface area contributed by atoms with Gasteiger partial charge in [-0.25, -0.2) is 0 Å². The van der Waals surface area contributed by atoms with E-state index in [1.165, 1.54) is 0 Å². The van der Waals surface area contributed by atoms with E-state index in [1.54, 1.807) is 0 Å². The second-order valence-corrected chi connectivity index (χ2v) is 3.06. The molecule has 0 rings (SSSR count). The molecule has 0 fully saturated rings. The van der Waals surface area contributed by atoms with Crippen molar-refractivity contribution in [2.45, 2.75) is 39.7 Å². The van der Waals surface area contributed by atoms with Crippen LogP contribution < -0.4 is 5.73 Å². The number of hydrogen-bond acceptors (Lipinski definition) is 2. The zero-order valence-corrected chi connectivity index (χ0v) is 8.28. The highest BCUT2D eigenvalue weighted by atomic mass is 35.5. The van der Waals surface area contributed by atoms with Crippen LogP contribution in [0.5, 0.6) is 0 Å². The minimum atomic E-state index is -0.231. The van der Waals surface area contributed by atoms with Crippen LogP contribution in [0.25, 0.3) is 0 Å². The summed E-state index contributed by atoms with van der Waals surface area (Å²) >= 11 is 0. The third kappa shape index (κ3) is 6.32. The molecule has 0 amide bonds. The van der Waals surface area contributed by atoms with E-state index in [-0.39, 0.29) is 24.2 Å². The van der Waals surface area contributed by atoms with E-state index in [0.29, 0.717) is 12.3 Å². The van der Waals surface area contributed by atoms with Crippen LogP contribution in [-0.4, -0.2) is 11.8 Å². The first-order valence-corrected chi connectivity index (χ1v) is 3.86.